The van der Waals surface area contributed by atoms with E-state index in [0.717, 1.165) is 30.5 Å². The molecule has 1 fully saturated rings. The summed E-state index contributed by atoms with van der Waals surface area (Å²) in [5, 5.41) is 5.61. The molecule has 1 atom stereocenters. The molecule has 2 N–H and O–H groups in total. The number of sulfonamides is 1. The second kappa shape index (κ2) is 9.16. The van der Waals surface area contributed by atoms with Crippen molar-refractivity contribution in [2.75, 3.05) is 13.1 Å². The molecule has 1 aromatic carbocycles. The highest BCUT2D eigenvalue weighted by Gasteiger charge is 2.25. The Kier molecular flexibility index (Phi) is 6.64. The number of amides is 2. The summed E-state index contributed by atoms with van der Waals surface area (Å²) in [6.07, 6.45) is 4.59. The number of nitrogens with one attached hydrogen (secondary N) is 2. The quantitative estimate of drug-likeness (QED) is 0.777. The van der Waals surface area contributed by atoms with Crippen LogP contribution in [-0.4, -0.2) is 36.8 Å². The van der Waals surface area contributed by atoms with Crippen LogP contribution >= 0.6 is 0 Å². The number of hydrogen-bond donors (Lipinski definition) is 2. The van der Waals surface area contributed by atoms with Crippen molar-refractivity contribution in [2.24, 2.45) is 0 Å². The fourth-order valence-corrected chi connectivity index (χ4v) is 4.69. The van der Waals surface area contributed by atoms with E-state index >= 15 is 0 Å². The zero-order chi connectivity index (χ0) is 20.0. The molecular weight excluding hydrogens is 376 g/mol. The number of urea groups is 1. The third kappa shape index (κ3) is 5.08. The van der Waals surface area contributed by atoms with E-state index in [1.165, 1.54) is 0 Å². The number of rotatable bonds is 6. The average Bonchev–Trinajstić information content (AvgIpc) is 2.74. The van der Waals surface area contributed by atoms with E-state index in [2.05, 4.69) is 15.6 Å². The van der Waals surface area contributed by atoms with Crippen LogP contribution in [0.3, 0.4) is 0 Å². The van der Waals surface area contributed by atoms with E-state index in [1.54, 1.807) is 34.8 Å². The molecule has 28 heavy (non-hydrogen) atoms. The van der Waals surface area contributed by atoms with Crippen LogP contribution in [0.4, 0.5) is 4.79 Å². The highest BCUT2D eigenvalue weighted by Crippen LogP contribution is 2.20. The summed E-state index contributed by atoms with van der Waals surface area (Å²) in [6.45, 7) is 3.34. The van der Waals surface area contributed by atoms with Gasteiger partial charge in [-0.25, -0.2) is 13.2 Å². The van der Waals surface area contributed by atoms with Crippen molar-refractivity contribution in [1.29, 1.82) is 0 Å². The van der Waals surface area contributed by atoms with Gasteiger partial charge >= 0.3 is 6.03 Å². The van der Waals surface area contributed by atoms with Crippen molar-refractivity contribution < 1.29 is 13.2 Å². The van der Waals surface area contributed by atoms with Gasteiger partial charge in [-0.3, -0.25) is 4.98 Å². The molecule has 1 saturated heterocycles. The van der Waals surface area contributed by atoms with Gasteiger partial charge in [0.1, 0.15) is 0 Å². The van der Waals surface area contributed by atoms with Crippen molar-refractivity contribution in [3.63, 3.8) is 0 Å². The molecule has 0 saturated carbocycles. The van der Waals surface area contributed by atoms with Crippen molar-refractivity contribution in [3.05, 3.63) is 59.9 Å². The molecule has 150 valence electrons. The fourth-order valence-electron chi connectivity index (χ4n) is 3.17. The summed E-state index contributed by atoms with van der Waals surface area (Å²) < 4.78 is 26.9. The van der Waals surface area contributed by atoms with Gasteiger partial charge in [0, 0.05) is 25.8 Å². The topological polar surface area (TPSA) is 91.4 Å². The molecule has 2 aromatic rings. The van der Waals surface area contributed by atoms with E-state index in [1.807, 2.05) is 25.1 Å². The summed E-state index contributed by atoms with van der Waals surface area (Å²) in [4.78, 5) is 16.6. The van der Waals surface area contributed by atoms with Crippen LogP contribution in [0.25, 0.3) is 0 Å². The van der Waals surface area contributed by atoms with Gasteiger partial charge in [0.15, 0.2) is 0 Å². The van der Waals surface area contributed by atoms with E-state index in [9.17, 15) is 13.2 Å². The number of aromatic nitrogens is 1. The minimum absolute atomic E-state index is 0.210. The molecule has 2 amide bonds. The van der Waals surface area contributed by atoms with Gasteiger partial charge in [-0.15, -0.1) is 0 Å². The minimum Gasteiger partial charge on any atom is -0.334 e. The maximum atomic E-state index is 12.7. The molecule has 0 spiro atoms. The highest BCUT2D eigenvalue weighted by atomic mass is 32.2. The number of nitrogens with zero attached hydrogens (tertiary/aromatic N) is 2. The summed E-state index contributed by atoms with van der Waals surface area (Å²) in [5.41, 5.74) is 1.61. The smallest absolute Gasteiger partial charge is 0.315 e. The predicted molar refractivity (Wildman–Crippen MR) is 107 cm³/mol. The molecule has 2 heterocycles. The van der Waals surface area contributed by atoms with Gasteiger partial charge in [0.2, 0.25) is 10.0 Å². The molecule has 0 bridgehead atoms. The van der Waals surface area contributed by atoms with E-state index in [-0.39, 0.29) is 12.1 Å². The first-order valence-corrected chi connectivity index (χ1v) is 11.0. The van der Waals surface area contributed by atoms with E-state index in [4.69, 9.17) is 0 Å². The Labute approximate surface area is 166 Å². The molecule has 0 radical (unpaired) electrons. The molecule has 1 aliphatic rings. The van der Waals surface area contributed by atoms with Gasteiger partial charge < -0.3 is 10.6 Å². The van der Waals surface area contributed by atoms with Crippen LogP contribution in [0.1, 0.15) is 43.5 Å². The normalized spacial score (nSPS) is 16.3. The van der Waals surface area contributed by atoms with Crippen LogP contribution in [0.5, 0.6) is 0 Å². The number of carbonyl (C=O) groups excluding carboxylic acids is 1. The lowest BCUT2D eigenvalue weighted by molar-refractivity contribution is 0.237. The van der Waals surface area contributed by atoms with Crippen LogP contribution < -0.4 is 10.6 Å². The van der Waals surface area contributed by atoms with Gasteiger partial charge in [0.25, 0.3) is 0 Å². The van der Waals surface area contributed by atoms with Crippen LogP contribution in [0.2, 0.25) is 0 Å². The van der Waals surface area contributed by atoms with Crippen LogP contribution in [0.15, 0.2) is 53.6 Å². The standard InChI is InChI=1S/C20H26N4O3S/c1-16(19-7-3-4-12-21-19)23-20(25)22-15-17-8-10-18(11-9-17)28(26,27)24-13-5-2-6-14-24/h3-4,7-12,16H,2,5-6,13-15H2,1H3,(H2,22,23,25). The molecule has 8 heteroatoms. The molecule has 1 aliphatic heterocycles. The van der Waals surface area contributed by atoms with Crippen LogP contribution in [0, 0.1) is 0 Å². The first-order valence-electron chi connectivity index (χ1n) is 9.51. The van der Waals surface area contributed by atoms with Crippen molar-refractivity contribution in [2.45, 2.75) is 43.7 Å². The Morgan fingerprint density at radius 3 is 2.46 bits per heavy atom. The van der Waals surface area contributed by atoms with Gasteiger partial charge in [-0.2, -0.15) is 4.31 Å². The number of pyridine rings is 1. The lowest BCUT2D eigenvalue weighted by Gasteiger charge is -2.25. The van der Waals surface area contributed by atoms with Crippen molar-refractivity contribution >= 4 is 16.1 Å². The SMILES string of the molecule is CC(NC(=O)NCc1ccc(S(=O)(=O)N2CCCCC2)cc1)c1ccccn1. The van der Waals surface area contributed by atoms with Crippen molar-refractivity contribution in [3.8, 4) is 0 Å². The largest absolute Gasteiger partial charge is 0.334 e. The second-order valence-electron chi connectivity index (χ2n) is 6.91. The number of hydrogen-bond acceptors (Lipinski definition) is 4. The van der Waals surface area contributed by atoms with Gasteiger partial charge in [0.05, 0.1) is 16.6 Å². The van der Waals surface area contributed by atoms with Gasteiger partial charge in [-0.1, -0.05) is 24.6 Å². The first-order chi connectivity index (χ1) is 13.5. The Morgan fingerprint density at radius 1 is 1.11 bits per heavy atom. The highest BCUT2D eigenvalue weighted by molar-refractivity contribution is 7.89. The Hall–Kier alpha value is -2.45. The third-order valence-corrected chi connectivity index (χ3v) is 6.72. The Morgan fingerprint density at radius 2 is 1.82 bits per heavy atom. The first kappa shape index (κ1) is 20.3. The summed E-state index contributed by atoms with van der Waals surface area (Å²) in [7, 11) is -3.43. The Bertz CT molecular complexity index is 879. The van der Waals surface area contributed by atoms with E-state index < -0.39 is 10.0 Å². The molecule has 1 unspecified atom stereocenters. The number of benzene rings is 1. The lowest BCUT2D eigenvalue weighted by atomic mass is 10.2. The third-order valence-electron chi connectivity index (χ3n) is 4.81. The zero-order valence-electron chi connectivity index (χ0n) is 16.0. The van der Waals surface area contributed by atoms with Crippen LogP contribution in [-0.2, 0) is 16.6 Å². The minimum atomic E-state index is -3.43. The molecule has 1 aromatic heterocycles. The second-order valence-corrected chi connectivity index (χ2v) is 8.85. The molecular formula is C20H26N4O3S. The molecule has 0 aliphatic carbocycles. The van der Waals surface area contributed by atoms with E-state index in [0.29, 0.717) is 24.5 Å². The fraction of sp³-hybridized carbons (Fsp3) is 0.400. The maximum Gasteiger partial charge on any atom is 0.315 e. The monoisotopic (exact) mass is 402 g/mol. The summed E-state index contributed by atoms with van der Waals surface area (Å²) in [6, 6.07) is 11.7. The molecule has 7 nitrogen and oxygen atoms in total. The number of piperidine rings is 1. The lowest BCUT2D eigenvalue weighted by Crippen LogP contribution is -2.37. The predicted octanol–water partition coefficient (Wildman–Crippen LogP) is 2.82. The molecule has 3 rings (SSSR count). The van der Waals surface area contributed by atoms with Gasteiger partial charge in [-0.05, 0) is 49.6 Å². The van der Waals surface area contributed by atoms with Crippen molar-refractivity contribution in [1.82, 2.24) is 19.9 Å². The Balaban J connectivity index is 1.53. The summed E-state index contributed by atoms with van der Waals surface area (Å²) >= 11 is 0. The summed E-state index contributed by atoms with van der Waals surface area (Å²) in [5.74, 6) is 0. The maximum absolute atomic E-state index is 12.7. The zero-order valence-corrected chi connectivity index (χ0v) is 16.8. The number of carbonyl (C=O) groups is 1. The average molecular weight is 403 g/mol.